The highest BCUT2D eigenvalue weighted by Crippen LogP contribution is 2.40. The van der Waals surface area contributed by atoms with E-state index in [1.54, 1.807) is 0 Å². The zero-order chi connectivity index (χ0) is 16.8. The van der Waals surface area contributed by atoms with Crippen LogP contribution in [0.4, 0.5) is 0 Å². The van der Waals surface area contributed by atoms with E-state index >= 15 is 0 Å². The van der Waals surface area contributed by atoms with Crippen LogP contribution in [0.25, 0.3) is 0 Å². The van der Waals surface area contributed by atoms with Crippen molar-refractivity contribution in [1.82, 2.24) is 5.32 Å². The Hall–Kier alpha value is -2.62. The molecule has 1 heterocycles. The third kappa shape index (κ3) is 3.82. The summed E-state index contributed by atoms with van der Waals surface area (Å²) in [5, 5.41) is 22.1. The van der Waals surface area contributed by atoms with E-state index in [-0.39, 0.29) is 17.5 Å². The number of hydrogen-bond donors (Lipinski definition) is 1. The van der Waals surface area contributed by atoms with Crippen LogP contribution in [-0.2, 0) is 12.8 Å². The van der Waals surface area contributed by atoms with Gasteiger partial charge in [-0.15, -0.1) is 0 Å². The summed E-state index contributed by atoms with van der Waals surface area (Å²) in [6.07, 6.45) is 3.32. The molecule has 120 valence electrons. The summed E-state index contributed by atoms with van der Waals surface area (Å²) in [5.74, 6) is 0. The van der Waals surface area contributed by atoms with E-state index < -0.39 is 0 Å². The largest absolute Gasteiger partial charge is 0.287 e. The van der Waals surface area contributed by atoms with E-state index in [0.29, 0.717) is 0 Å². The number of piperidine rings is 1. The highest BCUT2D eigenvalue weighted by atomic mass is 15.0. The minimum absolute atomic E-state index is 0.0747. The average molecular weight is 315 g/mol. The second kappa shape index (κ2) is 7.30. The lowest BCUT2D eigenvalue weighted by atomic mass is 9.66. The molecule has 2 aromatic carbocycles. The van der Waals surface area contributed by atoms with E-state index in [1.807, 2.05) is 12.1 Å². The molecule has 0 saturated carbocycles. The van der Waals surface area contributed by atoms with Crippen molar-refractivity contribution in [3.05, 3.63) is 71.8 Å². The maximum atomic E-state index is 9.45. The van der Waals surface area contributed by atoms with Crippen LogP contribution in [0.1, 0.15) is 24.0 Å². The lowest BCUT2D eigenvalue weighted by Gasteiger charge is -2.42. The van der Waals surface area contributed by atoms with Crippen LogP contribution in [0.2, 0.25) is 0 Å². The summed E-state index contributed by atoms with van der Waals surface area (Å²) < 4.78 is 0. The van der Waals surface area contributed by atoms with Gasteiger partial charge < -0.3 is 0 Å². The van der Waals surface area contributed by atoms with E-state index in [0.717, 1.165) is 25.7 Å². The molecule has 0 aliphatic carbocycles. The van der Waals surface area contributed by atoms with Crippen molar-refractivity contribution in [1.29, 1.82) is 10.5 Å². The summed E-state index contributed by atoms with van der Waals surface area (Å²) in [6.45, 7) is 0. The Morgan fingerprint density at radius 3 is 1.58 bits per heavy atom. The Morgan fingerprint density at radius 1 is 0.792 bits per heavy atom. The zero-order valence-corrected chi connectivity index (χ0v) is 13.7. The molecule has 1 aliphatic heterocycles. The molecule has 0 spiro atoms. The Balaban J connectivity index is 1.93. The molecular formula is C21H21N3. The highest BCUT2D eigenvalue weighted by Gasteiger charge is 2.40. The first-order chi connectivity index (χ1) is 11.7. The molecule has 1 aliphatic rings. The van der Waals surface area contributed by atoms with Gasteiger partial charge in [0.15, 0.2) is 0 Å². The Morgan fingerprint density at radius 2 is 1.21 bits per heavy atom. The Kier molecular flexibility index (Phi) is 4.94. The van der Waals surface area contributed by atoms with Crippen LogP contribution in [-0.4, -0.2) is 12.1 Å². The minimum atomic E-state index is -0.268. The van der Waals surface area contributed by atoms with Crippen LogP contribution >= 0.6 is 0 Å². The minimum Gasteiger partial charge on any atom is -0.287 e. The zero-order valence-electron chi connectivity index (χ0n) is 13.7. The van der Waals surface area contributed by atoms with Gasteiger partial charge in [-0.25, -0.2) is 0 Å². The fourth-order valence-electron chi connectivity index (χ4n) is 3.88. The Bertz CT molecular complexity index is 675. The molecule has 0 bridgehead atoms. The first-order valence-electron chi connectivity index (χ1n) is 8.36. The van der Waals surface area contributed by atoms with Crippen molar-refractivity contribution in [2.75, 3.05) is 0 Å². The lowest BCUT2D eigenvalue weighted by Crippen LogP contribution is -2.50. The molecule has 1 N–H and O–H groups in total. The maximum absolute atomic E-state index is 9.45. The molecule has 3 nitrogen and oxygen atoms in total. The molecule has 2 aromatic rings. The van der Waals surface area contributed by atoms with Gasteiger partial charge in [-0.3, -0.25) is 5.32 Å². The highest BCUT2D eigenvalue weighted by molar-refractivity contribution is 5.23. The third-order valence-electron chi connectivity index (χ3n) is 4.83. The number of benzene rings is 2. The van der Waals surface area contributed by atoms with Gasteiger partial charge in [0.1, 0.15) is 0 Å². The smallest absolute Gasteiger partial charge is 0.0968 e. The van der Waals surface area contributed by atoms with Crippen LogP contribution < -0.4 is 5.32 Å². The number of nitrogens with one attached hydrogen (secondary N) is 1. The van der Waals surface area contributed by atoms with E-state index in [1.165, 1.54) is 11.1 Å². The van der Waals surface area contributed by atoms with E-state index in [2.05, 4.69) is 66.0 Å². The summed E-state index contributed by atoms with van der Waals surface area (Å²) in [6, 6.07) is 24.9. The van der Waals surface area contributed by atoms with Crippen molar-refractivity contribution in [3.63, 3.8) is 0 Å². The topological polar surface area (TPSA) is 59.6 Å². The average Bonchev–Trinajstić information content (AvgIpc) is 2.62. The fourth-order valence-corrected chi connectivity index (χ4v) is 3.88. The monoisotopic (exact) mass is 315 g/mol. The number of nitrogens with zero attached hydrogens (tertiary/aromatic N) is 2. The first-order valence-corrected chi connectivity index (χ1v) is 8.36. The summed E-state index contributed by atoms with van der Waals surface area (Å²) in [4.78, 5) is 0. The fraction of sp³-hybridized carbons (Fsp3) is 0.333. The molecule has 1 fully saturated rings. The van der Waals surface area contributed by atoms with Crippen molar-refractivity contribution in [3.8, 4) is 12.1 Å². The van der Waals surface area contributed by atoms with Crippen molar-refractivity contribution in [2.24, 2.45) is 5.41 Å². The quantitative estimate of drug-likeness (QED) is 0.937. The number of hydrogen-bond acceptors (Lipinski definition) is 3. The van der Waals surface area contributed by atoms with Gasteiger partial charge >= 0.3 is 0 Å². The van der Waals surface area contributed by atoms with Crippen LogP contribution in [0.5, 0.6) is 0 Å². The standard InChI is InChI=1S/C21H21N3/c22-15-19-13-21(14-20(16-23)24-19,11-17-7-3-1-4-8-17)12-18-9-5-2-6-10-18/h1-10,19-20,24H,11-14H2/t19-,20-/m0/s1. The van der Waals surface area contributed by atoms with Gasteiger partial charge in [-0.1, -0.05) is 60.7 Å². The molecule has 3 heteroatoms. The molecule has 2 atom stereocenters. The second-order valence-electron chi connectivity index (χ2n) is 6.76. The van der Waals surface area contributed by atoms with Crippen LogP contribution in [0, 0.1) is 28.1 Å². The Labute approximate surface area is 143 Å². The molecule has 0 amide bonds. The van der Waals surface area contributed by atoms with Crippen molar-refractivity contribution in [2.45, 2.75) is 37.8 Å². The van der Waals surface area contributed by atoms with Gasteiger partial charge in [0.2, 0.25) is 0 Å². The molecule has 0 unspecified atom stereocenters. The van der Waals surface area contributed by atoms with Gasteiger partial charge in [-0.05, 0) is 42.2 Å². The van der Waals surface area contributed by atoms with Gasteiger partial charge in [0.05, 0.1) is 24.2 Å². The third-order valence-corrected chi connectivity index (χ3v) is 4.83. The summed E-state index contributed by atoms with van der Waals surface area (Å²) >= 11 is 0. The molecule has 0 radical (unpaired) electrons. The number of rotatable bonds is 4. The first kappa shape index (κ1) is 16.2. The van der Waals surface area contributed by atoms with E-state index in [9.17, 15) is 10.5 Å². The predicted molar refractivity (Wildman–Crippen MR) is 93.9 cm³/mol. The van der Waals surface area contributed by atoms with Gasteiger partial charge in [0.25, 0.3) is 0 Å². The molecule has 0 aromatic heterocycles. The van der Waals surface area contributed by atoms with Crippen molar-refractivity contribution < 1.29 is 0 Å². The molecule has 3 rings (SSSR count). The molecule has 1 saturated heterocycles. The predicted octanol–water partition coefficient (Wildman–Crippen LogP) is 3.63. The van der Waals surface area contributed by atoms with Gasteiger partial charge in [0, 0.05) is 0 Å². The lowest BCUT2D eigenvalue weighted by molar-refractivity contribution is 0.158. The van der Waals surface area contributed by atoms with Crippen LogP contribution in [0.3, 0.4) is 0 Å². The molecule has 24 heavy (non-hydrogen) atoms. The van der Waals surface area contributed by atoms with Crippen LogP contribution in [0.15, 0.2) is 60.7 Å². The normalized spacial score (nSPS) is 22.2. The SMILES string of the molecule is N#C[C@@H]1CC(Cc2ccccc2)(Cc2ccccc2)C[C@@H](C#N)N1. The maximum Gasteiger partial charge on any atom is 0.0968 e. The molecular weight excluding hydrogens is 294 g/mol. The van der Waals surface area contributed by atoms with Crippen molar-refractivity contribution >= 4 is 0 Å². The summed E-state index contributed by atoms with van der Waals surface area (Å²) in [5.41, 5.74) is 2.46. The number of nitriles is 2. The van der Waals surface area contributed by atoms with E-state index in [4.69, 9.17) is 0 Å². The summed E-state index contributed by atoms with van der Waals surface area (Å²) in [7, 11) is 0. The van der Waals surface area contributed by atoms with Gasteiger partial charge in [-0.2, -0.15) is 10.5 Å². The second-order valence-corrected chi connectivity index (χ2v) is 6.76.